The summed E-state index contributed by atoms with van der Waals surface area (Å²) in [4.78, 5) is 14.1. The Bertz CT molecular complexity index is 456. The Kier molecular flexibility index (Phi) is 7.56. The van der Waals surface area contributed by atoms with Crippen LogP contribution in [-0.2, 0) is 4.79 Å². The first-order valence-electron chi connectivity index (χ1n) is 8.86. The zero-order valence-corrected chi connectivity index (χ0v) is 14.2. The van der Waals surface area contributed by atoms with Crippen LogP contribution in [0.15, 0.2) is 30.3 Å². The van der Waals surface area contributed by atoms with Crippen molar-refractivity contribution in [2.75, 3.05) is 20.1 Å². The second kappa shape index (κ2) is 9.68. The van der Waals surface area contributed by atoms with E-state index in [1.165, 1.54) is 25.7 Å². The first-order valence-corrected chi connectivity index (χ1v) is 8.86. The second-order valence-electron chi connectivity index (χ2n) is 6.71. The zero-order valence-electron chi connectivity index (χ0n) is 14.2. The van der Waals surface area contributed by atoms with Crippen LogP contribution in [0.25, 0.3) is 0 Å². The molecule has 1 unspecified atom stereocenters. The number of nitrogens with one attached hydrogen (secondary N) is 1. The molecular formula is C19H30N2O2. The fourth-order valence-electron chi connectivity index (χ4n) is 3.21. The van der Waals surface area contributed by atoms with Crippen LogP contribution in [0.1, 0.15) is 56.6 Å². The number of carbonyl (C=O) groups is 1. The molecule has 0 saturated heterocycles. The highest BCUT2D eigenvalue weighted by Crippen LogP contribution is 2.17. The number of aliphatic hydroxyl groups excluding tert-OH is 1. The molecule has 2 N–H and O–H groups in total. The Labute approximate surface area is 139 Å². The Morgan fingerprint density at radius 1 is 1.22 bits per heavy atom. The SMILES string of the molecule is CN(CCC(O)c1ccccc1)CC(=O)NC1CCCCCC1. The van der Waals surface area contributed by atoms with Gasteiger partial charge in [-0.1, -0.05) is 56.0 Å². The van der Waals surface area contributed by atoms with E-state index in [0.29, 0.717) is 25.6 Å². The van der Waals surface area contributed by atoms with Gasteiger partial charge >= 0.3 is 0 Å². The number of hydrogen-bond donors (Lipinski definition) is 2. The zero-order chi connectivity index (χ0) is 16.5. The molecule has 1 aromatic carbocycles. The van der Waals surface area contributed by atoms with E-state index in [2.05, 4.69) is 5.32 Å². The number of carbonyl (C=O) groups excluding carboxylic acids is 1. The number of likely N-dealkylation sites (N-methyl/N-ethyl adjacent to an activating group) is 1. The van der Waals surface area contributed by atoms with E-state index >= 15 is 0 Å². The van der Waals surface area contributed by atoms with Crippen molar-refractivity contribution in [3.63, 3.8) is 0 Å². The monoisotopic (exact) mass is 318 g/mol. The summed E-state index contributed by atoms with van der Waals surface area (Å²) in [5.41, 5.74) is 0.934. The lowest BCUT2D eigenvalue weighted by Crippen LogP contribution is -2.41. The van der Waals surface area contributed by atoms with Gasteiger partial charge in [-0.15, -0.1) is 0 Å². The maximum absolute atomic E-state index is 12.1. The predicted molar refractivity (Wildman–Crippen MR) is 93.1 cm³/mol. The number of aliphatic hydroxyl groups is 1. The molecule has 128 valence electrons. The van der Waals surface area contributed by atoms with Gasteiger partial charge < -0.3 is 10.4 Å². The van der Waals surface area contributed by atoms with Gasteiger partial charge in [0.2, 0.25) is 5.91 Å². The van der Waals surface area contributed by atoms with E-state index in [4.69, 9.17) is 0 Å². The third-order valence-electron chi connectivity index (χ3n) is 4.60. The maximum atomic E-state index is 12.1. The summed E-state index contributed by atoms with van der Waals surface area (Å²) in [6, 6.07) is 10.0. The number of rotatable bonds is 7. The normalized spacial score (nSPS) is 17.7. The smallest absolute Gasteiger partial charge is 0.234 e. The van der Waals surface area contributed by atoms with Crippen molar-refractivity contribution >= 4 is 5.91 Å². The fourth-order valence-corrected chi connectivity index (χ4v) is 3.21. The summed E-state index contributed by atoms with van der Waals surface area (Å²) >= 11 is 0. The number of amides is 1. The molecule has 1 aromatic rings. The average Bonchev–Trinajstić information content (AvgIpc) is 2.82. The Morgan fingerprint density at radius 2 is 1.87 bits per heavy atom. The standard InChI is InChI=1S/C19H30N2O2/c1-21(14-13-18(22)16-9-5-4-6-10-16)15-19(23)20-17-11-7-2-3-8-12-17/h4-6,9-10,17-18,22H,2-3,7-8,11-15H2,1H3,(H,20,23). The van der Waals surface area contributed by atoms with Crippen LogP contribution in [0.4, 0.5) is 0 Å². The summed E-state index contributed by atoms with van der Waals surface area (Å²) in [6.07, 6.45) is 7.44. The summed E-state index contributed by atoms with van der Waals surface area (Å²) in [5.74, 6) is 0.105. The minimum Gasteiger partial charge on any atom is -0.388 e. The van der Waals surface area contributed by atoms with E-state index in [9.17, 15) is 9.90 Å². The van der Waals surface area contributed by atoms with Crippen LogP contribution in [0.3, 0.4) is 0 Å². The summed E-state index contributed by atoms with van der Waals surface area (Å²) in [5, 5.41) is 13.3. The largest absolute Gasteiger partial charge is 0.388 e. The maximum Gasteiger partial charge on any atom is 0.234 e. The van der Waals surface area contributed by atoms with Gasteiger partial charge in [0.15, 0.2) is 0 Å². The first-order chi connectivity index (χ1) is 11.1. The molecule has 0 spiro atoms. The van der Waals surface area contributed by atoms with Crippen LogP contribution in [-0.4, -0.2) is 42.1 Å². The van der Waals surface area contributed by atoms with E-state index in [0.717, 1.165) is 18.4 Å². The molecule has 23 heavy (non-hydrogen) atoms. The minimum absolute atomic E-state index is 0.105. The van der Waals surface area contributed by atoms with Crippen molar-refractivity contribution in [3.8, 4) is 0 Å². The number of benzene rings is 1. The lowest BCUT2D eigenvalue weighted by atomic mass is 10.1. The molecule has 1 aliphatic rings. The Balaban J connectivity index is 1.67. The van der Waals surface area contributed by atoms with Gasteiger partial charge in [-0.2, -0.15) is 0 Å². The van der Waals surface area contributed by atoms with Crippen molar-refractivity contribution in [1.82, 2.24) is 10.2 Å². The van der Waals surface area contributed by atoms with Crippen LogP contribution in [0, 0.1) is 0 Å². The summed E-state index contributed by atoms with van der Waals surface area (Å²) in [7, 11) is 1.93. The molecule has 1 fully saturated rings. The molecule has 4 heteroatoms. The van der Waals surface area contributed by atoms with Crippen molar-refractivity contribution in [2.45, 2.75) is 57.1 Å². The van der Waals surface area contributed by atoms with Crippen LogP contribution in [0.2, 0.25) is 0 Å². The van der Waals surface area contributed by atoms with E-state index in [-0.39, 0.29) is 5.91 Å². The molecule has 0 bridgehead atoms. The van der Waals surface area contributed by atoms with Crippen LogP contribution >= 0.6 is 0 Å². The van der Waals surface area contributed by atoms with Gasteiger partial charge in [0.25, 0.3) is 0 Å². The molecule has 1 atom stereocenters. The molecule has 0 radical (unpaired) electrons. The molecular weight excluding hydrogens is 288 g/mol. The van der Waals surface area contributed by atoms with Crippen molar-refractivity contribution in [2.24, 2.45) is 0 Å². The van der Waals surface area contributed by atoms with Crippen molar-refractivity contribution < 1.29 is 9.90 Å². The number of nitrogens with zero attached hydrogens (tertiary/aromatic N) is 1. The molecule has 4 nitrogen and oxygen atoms in total. The molecule has 1 aliphatic carbocycles. The lowest BCUT2D eigenvalue weighted by molar-refractivity contribution is -0.122. The van der Waals surface area contributed by atoms with Gasteiger partial charge in [-0.3, -0.25) is 9.69 Å². The molecule has 1 amide bonds. The summed E-state index contributed by atoms with van der Waals surface area (Å²) in [6.45, 7) is 1.10. The van der Waals surface area contributed by atoms with Crippen LogP contribution in [0.5, 0.6) is 0 Å². The Morgan fingerprint density at radius 3 is 2.52 bits per heavy atom. The van der Waals surface area contributed by atoms with E-state index in [1.54, 1.807) is 0 Å². The van der Waals surface area contributed by atoms with Gasteiger partial charge in [-0.25, -0.2) is 0 Å². The predicted octanol–water partition coefficient (Wildman–Crippen LogP) is 2.88. The molecule has 0 aromatic heterocycles. The van der Waals surface area contributed by atoms with Gasteiger partial charge in [-0.05, 0) is 31.9 Å². The third kappa shape index (κ3) is 6.71. The minimum atomic E-state index is -0.469. The highest BCUT2D eigenvalue weighted by atomic mass is 16.3. The van der Waals surface area contributed by atoms with Crippen molar-refractivity contribution in [1.29, 1.82) is 0 Å². The van der Waals surface area contributed by atoms with Crippen LogP contribution < -0.4 is 5.32 Å². The van der Waals surface area contributed by atoms with Gasteiger partial charge in [0.1, 0.15) is 0 Å². The highest BCUT2D eigenvalue weighted by Gasteiger charge is 2.16. The molecule has 0 heterocycles. The van der Waals surface area contributed by atoms with E-state index < -0.39 is 6.10 Å². The average molecular weight is 318 g/mol. The second-order valence-corrected chi connectivity index (χ2v) is 6.71. The quantitative estimate of drug-likeness (QED) is 0.760. The first kappa shape index (κ1) is 18.0. The molecule has 1 saturated carbocycles. The van der Waals surface area contributed by atoms with Gasteiger partial charge in [0.05, 0.1) is 12.6 Å². The van der Waals surface area contributed by atoms with Crippen molar-refractivity contribution in [3.05, 3.63) is 35.9 Å². The fraction of sp³-hybridized carbons (Fsp3) is 0.632. The lowest BCUT2D eigenvalue weighted by Gasteiger charge is -2.21. The molecule has 2 rings (SSSR count). The summed E-state index contributed by atoms with van der Waals surface area (Å²) < 4.78 is 0. The highest BCUT2D eigenvalue weighted by molar-refractivity contribution is 5.78. The third-order valence-corrected chi connectivity index (χ3v) is 4.60. The Hall–Kier alpha value is -1.39. The number of hydrogen-bond acceptors (Lipinski definition) is 3. The molecule has 0 aliphatic heterocycles. The van der Waals surface area contributed by atoms with E-state index in [1.807, 2.05) is 42.3 Å². The van der Waals surface area contributed by atoms with Gasteiger partial charge in [0, 0.05) is 12.6 Å². The topological polar surface area (TPSA) is 52.6 Å².